The maximum atomic E-state index is 11.8. The zero-order valence-electron chi connectivity index (χ0n) is 11.6. The Balaban J connectivity index is 1.71. The van der Waals surface area contributed by atoms with E-state index >= 15 is 0 Å². The van der Waals surface area contributed by atoms with Crippen molar-refractivity contribution in [2.24, 2.45) is 5.11 Å². The quantitative estimate of drug-likeness (QED) is 0.483. The van der Waals surface area contributed by atoms with Gasteiger partial charge in [0.05, 0.1) is 19.6 Å². The zero-order valence-corrected chi connectivity index (χ0v) is 11.6. The fraction of sp³-hybridized carbons (Fsp3) is 0.385. The lowest BCUT2D eigenvalue weighted by Crippen LogP contribution is -2.26. The van der Waals surface area contributed by atoms with E-state index in [1.165, 1.54) is 9.80 Å². The summed E-state index contributed by atoms with van der Waals surface area (Å²) in [5.74, 6) is 0. The third-order valence-electron chi connectivity index (χ3n) is 3.46. The fourth-order valence-electron chi connectivity index (χ4n) is 2.40. The lowest BCUT2D eigenvalue weighted by Gasteiger charge is -2.16. The van der Waals surface area contributed by atoms with Crippen LogP contribution < -0.4 is 9.80 Å². The van der Waals surface area contributed by atoms with Crippen LogP contribution in [0.1, 0.15) is 0 Å². The summed E-state index contributed by atoms with van der Waals surface area (Å²) >= 11 is 0. The van der Waals surface area contributed by atoms with E-state index in [2.05, 4.69) is 10.0 Å². The summed E-state index contributed by atoms with van der Waals surface area (Å²) in [4.78, 5) is 29.0. The number of nitrogens with zero attached hydrogens (tertiary/aromatic N) is 5. The number of amides is 2. The minimum absolute atomic E-state index is 0.108. The van der Waals surface area contributed by atoms with Gasteiger partial charge in [0.25, 0.3) is 0 Å². The molecule has 1 aromatic carbocycles. The number of anilines is 2. The van der Waals surface area contributed by atoms with Gasteiger partial charge in [-0.25, -0.2) is 9.59 Å². The molecule has 22 heavy (non-hydrogen) atoms. The van der Waals surface area contributed by atoms with Crippen molar-refractivity contribution in [1.82, 2.24) is 0 Å². The molecule has 0 bridgehead atoms. The van der Waals surface area contributed by atoms with E-state index in [1.807, 2.05) is 0 Å². The smallest absolute Gasteiger partial charge is 0.414 e. The Morgan fingerprint density at radius 1 is 1.18 bits per heavy atom. The second-order valence-corrected chi connectivity index (χ2v) is 4.81. The van der Waals surface area contributed by atoms with Crippen molar-refractivity contribution >= 4 is 23.6 Å². The van der Waals surface area contributed by atoms with Crippen LogP contribution in [0.25, 0.3) is 10.4 Å². The number of azide groups is 1. The molecule has 2 fully saturated rings. The molecule has 2 heterocycles. The summed E-state index contributed by atoms with van der Waals surface area (Å²) in [6.45, 7) is 1.32. The lowest BCUT2D eigenvalue weighted by atomic mass is 10.2. The van der Waals surface area contributed by atoms with E-state index in [0.29, 0.717) is 31.1 Å². The van der Waals surface area contributed by atoms with Crippen molar-refractivity contribution in [2.45, 2.75) is 6.10 Å². The van der Waals surface area contributed by atoms with Gasteiger partial charge in [0.2, 0.25) is 0 Å². The molecule has 1 aromatic rings. The molecule has 9 nitrogen and oxygen atoms in total. The van der Waals surface area contributed by atoms with Crippen molar-refractivity contribution in [3.8, 4) is 0 Å². The van der Waals surface area contributed by atoms with Gasteiger partial charge in [0, 0.05) is 16.3 Å². The number of carbonyl (C=O) groups excluding carboxylic acids is 2. The highest BCUT2D eigenvalue weighted by Crippen LogP contribution is 2.26. The van der Waals surface area contributed by atoms with Crippen molar-refractivity contribution in [1.29, 1.82) is 0 Å². The topological polar surface area (TPSA) is 108 Å². The molecule has 1 atom stereocenters. The predicted octanol–water partition coefficient (Wildman–Crippen LogP) is 2.28. The Labute approximate surface area is 125 Å². The third-order valence-corrected chi connectivity index (χ3v) is 3.46. The molecule has 0 aliphatic carbocycles. The van der Waals surface area contributed by atoms with Gasteiger partial charge in [-0.05, 0) is 29.8 Å². The van der Waals surface area contributed by atoms with Gasteiger partial charge in [0.1, 0.15) is 12.7 Å². The Morgan fingerprint density at radius 3 is 2.45 bits per heavy atom. The second kappa shape index (κ2) is 5.82. The maximum Gasteiger partial charge on any atom is 0.414 e. The second-order valence-electron chi connectivity index (χ2n) is 4.81. The molecule has 114 valence electrons. The molecular weight excluding hydrogens is 290 g/mol. The third kappa shape index (κ3) is 2.61. The average Bonchev–Trinajstić information content (AvgIpc) is 3.11. The van der Waals surface area contributed by atoms with Crippen molar-refractivity contribution in [2.75, 3.05) is 36.0 Å². The van der Waals surface area contributed by atoms with E-state index in [9.17, 15) is 9.59 Å². The summed E-state index contributed by atoms with van der Waals surface area (Å²) < 4.78 is 10.00. The Kier molecular flexibility index (Phi) is 3.71. The summed E-state index contributed by atoms with van der Waals surface area (Å²) in [6.07, 6.45) is -1.30. The molecule has 0 N–H and O–H groups in total. The van der Waals surface area contributed by atoms with Crippen LogP contribution in [0, 0.1) is 0 Å². The van der Waals surface area contributed by atoms with Gasteiger partial charge in [0.15, 0.2) is 0 Å². The normalized spacial score (nSPS) is 20.6. The predicted molar refractivity (Wildman–Crippen MR) is 76.8 cm³/mol. The fourth-order valence-corrected chi connectivity index (χ4v) is 2.40. The number of cyclic esters (lactones) is 2. The van der Waals surface area contributed by atoms with Gasteiger partial charge in [-0.1, -0.05) is 5.11 Å². The van der Waals surface area contributed by atoms with E-state index in [0.717, 1.165) is 0 Å². The molecular formula is C13H13N5O4. The van der Waals surface area contributed by atoms with E-state index in [1.54, 1.807) is 24.3 Å². The summed E-state index contributed by atoms with van der Waals surface area (Å²) in [7, 11) is 0. The van der Waals surface area contributed by atoms with Crippen LogP contribution in [-0.2, 0) is 9.47 Å². The molecule has 0 radical (unpaired) electrons. The lowest BCUT2D eigenvalue weighted by molar-refractivity contribution is 0.145. The first-order valence-corrected chi connectivity index (χ1v) is 6.72. The first-order chi connectivity index (χ1) is 10.7. The van der Waals surface area contributed by atoms with Crippen LogP contribution >= 0.6 is 0 Å². The standard InChI is InChI=1S/C13H13N5O4/c14-16-15-7-11-8-18(13(20)22-11)10-3-1-9(2-4-10)17-5-6-21-12(17)19/h1-4,11H,5-8H2/t11-/m0/s1. The summed E-state index contributed by atoms with van der Waals surface area (Å²) in [5, 5.41) is 3.41. The van der Waals surface area contributed by atoms with Crippen LogP contribution in [0.3, 0.4) is 0 Å². The highest BCUT2D eigenvalue weighted by molar-refractivity contribution is 5.92. The van der Waals surface area contributed by atoms with Gasteiger partial charge in [-0.15, -0.1) is 0 Å². The molecule has 0 spiro atoms. The average molecular weight is 303 g/mol. The first-order valence-electron chi connectivity index (χ1n) is 6.72. The van der Waals surface area contributed by atoms with E-state index in [4.69, 9.17) is 15.0 Å². The number of benzene rings is 1. The number of carbonyl (C=O) groups is 2. The molecule has 0 aromatic heterocycles. The molecule has 3 rings (SSSR count). The molecule has 0 unspecified atom stereocenters. The van der Waals surface area contributed by atoms with Crippen LogP contribution in [0.2, 0.25) is 0 Å². The Bertz CT molecular complexity index is 640. The van der Waals surface area contributed by atoms with Crippen LogP contribution in [0.15, 0.2) is 29.4 Å². The zero-order chi connectivity index (χ0) is 15.5. The van der Waals surface area contributed by atoms with E-state index in [-0.39, 0.29) is 12.6 Å². The first kappa shape index (κ1) is 14.0. The van der Waals surface area contributed by atoms with E-state index < -0.39 is 12.2 Å². The Morgan fingerprint density at radius 2 is 1.86 bits per heavy atom. The minimum atomic E-state index is -0.480. The van der Waals surface area contributed by atoms with Gasteiger partial charge < -0.3 is 9.47 Å². The number of hydrogen-bond donors (Lipinski definition) is 0. The summed E-state index contributed by atoms with van der Waals surface area (Å²) in [6, 6.07) is 6.96. The number of ether oxygens (including phenoxy) is 2. The molecule has 0 saturated carbocycles. The van der Waals surface area contributed by atoms with Crippen molar-refractivity contribution in [3.05, 3.63) is 34.7 Å². The van der Waals surface area contributed by atoms with Crippen LogP contribution in [0.5, 0.6) is 0 Å². The largest absolute Gasteiger partial charge is 0.447 e. The van der Waals surface area contributed by atoms with Crippen LogP contribution in [0.4, 0.5) is 21.0 Å². The van der Waals surface area contributed by atoms with Gasteiger partial charge in [-0.2, -0.15) is 0 Å². The highest BCUT2D eigenvalue weighted by Gasteiger charge is 2.32. The van der Waals surface area contributed by atoms with Gasteiger partial charge >= 0.3 is 12.2 Å². The Hall–Kier alpha value is -2.93. The highest BCUT2D eigenvalue weighted by atomic mass is 16.6. The van der Waals surface area contributed by atoms with Crippen LogP contribution in [-0.4, -0.2) is 44.5 Å². The summed E-state index contributed by atoms with van der Waals surface area (Å²) in [5.41, 5.74) is 9.66. The number of hydrogen-bond acceptors (Lipinski definition) is 5. The molecule has 2 aliphatic rings. The van der Waals surface area contributed by atoms with Gasteiger partial charge in [-0.3, -0.25) is 9.80 Å². The SMILES string of the molecule is [N-]=[N+]=NC[C@H]1CN(c2ccc(N3CCOC3=O)cc2)C(=O)O1. The molecule has 9 heteroatoms. The molecule has 2 aliphatic heterocycles. The molecule has 2 saturated heterocycles. The van der Waals surface area contributed by atoms with Crippen molar-refractivity contribution < 1.29 is 19.1 Å². The number of rotatable bonds is 4. The monoisotopic (exact) mass is 303 g/mol. The van der Waals surface area contributed by atoms with Crippen molar-refractivity contribution in [3.63, 3.8) is 0 Å². The maximum absolute atomic E-state index is 11.8. The molecule has 2 amide bonds. The minimum Gasteiger partial charge on any atom is -0.447 e.